The number of aromatic amines is 1. The Morgan fingerprint density at radius 2 is 1.93 bits per heavy atom. The molecule has 29 heavy (non-hydrogen) atoms. The lowest BCUT2D eigenvalue weighted by atomic mass is 10.0. The SMILES string of the molecule is NC(=O)CCNS(=O)(=O)c1ccc(-c2c[nH]c3cc(F)ccc23)cc1CC(F)F. The molecule has 0 bridgehead atoms. The Morgan fingerprint density at radius 1 is 1.17 bits per heavy atom. The molecule has 0 aliphatic carbocycles. The van der Waals surface area contributed by atoms with Crippen molar-refractivity contribution in [3.05, 3.63) is 54.0 Å². The van der Waals surface area contributed by atoms with Gasteiger partial charge in [-0.15, -0.1) is 0 Å². The van der Waals surface area contributed by atoms with Crippen molar-refractivity contribution in [3.8, 4) is 11.1 Å². The normalized spacial score (nSPS) is 12.0. The Kier molecular flexibility index (Phi) is 5.94. The number of H-pyrrole nitrogens is 1. The molecule has 6 nitrogen and oxygen atoms in total. The van der Waals surface area contributed by atoms with E-state index in [2.05, 4.69) is 9.71 Å². The van der Waals surface area contributed by atoms with Gasteiger partial charge in [-0.1, -0.05) is 6.07 Å². The van der Waals surface area contributed by atoms with Crippen molar-refractivity contribution in [1.29, 1.82) is 0 Å². The van der Waals surface area contributed by atoms with Crippen LogP contribution in [0.25, 0.3) is 22.0 Å². The van der Waals surface area contributed by atoms with Crippen molar-refractivity contribution in [2.24, 2.45) is 5.73 Å². The van der Waals surface area contributed by atoms with Gasteiger partial charge < -0.3 is 10.7 Å². The Bertz CT molecular complexity index is 1160. The number of benzene rings is 2. The van der Waals surface area contributed by atoms with Gasteiger partial charge in [0.15, 0.2) is 0 Å². The van der Waals surface area contributed by atoms with Gasteiger partial charge in [0.2, 0.25) is 22.4 Å². The average molecular weight is 425 g/mol. The van der Waals surface area contributed by atoms with E-state index in [0.29, 0.717) is 22.0 Å². The minimum atomic E-state index is -4.11. The molecule has 0 saturated carbocycles. The zero-order valence-corrected chi connectivity index (χ0v) is 15.9. The third-order valence-corrected chi connectivity index (χ3v) is 5.90. The van der Waals surface area contributed by atoms with Gasteiger partial charge in [0.25, 0.3) is 0 Å². The number of nitrogens with two attached hydrogens (primary N) is 1. The lowest BCUT2D eigenvalue weighted by Gasteiger charge is -2.13. The molecular formula is C19H18F3N3O3S. The summed E-state index contributed by atoms with van der Waals surface area (Å²) in [4.78, 5) is 13.4. The van der Waals surface area contributed by atoms with Gasteiger partial charge in [0, 0.05) is 42.0 Å². The van der Waals surface area contributed by atoms with Gasteiger partial charge >= 0.3 is 0 Å². The van der Waals surface area contributed by atoms with Crippen LogP contribution in [-0.4, -0.2) is 32.3 Å². The summed E-state index contributed by atoms with van der Waals surface area (Å²) >= 11 is 0. The molecule has 0 fully saturated rings. The number of primary amides is 1. The summed E-state index contributed by atoms with van der Waals surface area (Å²) in [5.74, 6) is -1.11. The van der Waals surface area contributed by atoms with Gasteiger partial charge in [-0.2, -0.15) is 0 Å². The van der Waals surface area contributed by atoms with E-state index in [1.54, 1.807) is 12.3 Å². The first kappa shape index (κ1) is 20.9. The molecule has 1 aromatic heterocycles. The summed E-state index contributed by atoms with van der Waals surface area (Å²) in [6, 6.07) is 8.24. The maximum atomic E-state index is 13.4. The predicted molar refractivity (Wildman–Crippen MR) is 102 cm³/mol. The van der Waals surface area contributed by atoms with Crippen molar-refractivity contribution in [2.75, 3.05) is 6.54 Å². The van der Waals surface area contributed by atoms with E-state index in [4.69, 9.17) is 5.73 Å². The van der Waals surface area contributed by atoms with E-state index in [1.165, 1.54) is 30.3 Å². The molecule has 3 rings (SSSR count). The Labute approximate surface area is 165 Å². The van der Waals surface area contributed by atoms with Crippen LogP contribution in [-0.2, 0) is 21.2 Å². The molecule has 0 unspecified atom stereocenters. The second kappa shape index (κ2) is 8.26. The molecule has 0 aliphatic heterocycles. The van der Waals surface area contributed by atoms with Crippen molar-refractivity contribution >= 4 is 26.8 Å². The molecule has 154 valence electrons. The second-order valence-electron chi connectivity index (χ2n) is 6.42. The minimum absolute atomic E-state index is 0.0689. The Balaban J connectivity index is 2.02. The monoisotopic (exact) mass is 425 g/mol. The maximum Gasteiger partial charge on any atom is 0.242 e. The summed E-state index contributed by atoms with van der Waals surface area (Å²) in [5, 5.41) is 0.671. The van der Waals surface area contributed by atoms with Crippen LogP contribution in [0.1, 0.15) is 12.0 Å². The van der Waals surface area contributed by atoms with Crippen LogP contribution in [0.3, 0.4) is 0 Å². The molecule has 4 N–H and O–H groups in total. The number of alkyl halides is 2. The van der Waals surface area contributed by atoms with Gasteiger partial charge in [-0.25, -0.2) is 26.3 Å². The van der Waals surface area contributed by atoms with Crippen LogP contribution in [0.4, 0.5) is 13.2 Å². The number of rotatable bonds is 8. The van der Waals surface area contributed by atoms with E-state index in [9.17, 15) is 26.4 Å². The fraction of sp³-hybridized carbons (Fsp3) is 0.211. The van der Waals surface area contributed by atoms with Crippen LogP contribution >= 0.6 is 0 Å². The molecule has 10 heteroatoms. The Morgan fingerprint density at radius 3 is 2.62 bits per heavy atom. The largest absolute Gasteiger partial charge is 0.370 e. The number of fused-ring (bicyclic) bond motifs is 1. The van der Waals surface area contributed by atoms with Crippen LogP contribution in [0.2, 0.25) is 0 Å². The first-order chi connectivity index (χ1) is 13.7. The number of nitrogens with one attached hydrogen (secondary N) is 2. The summed E-state index contributed by atoms with van der Waals surface area (Å²) < 4.78 is 66.8. The standard InChI is InChI=1S/C19H18F3N3O3S/c20-13-2-3-14-15(10-24-16(14)9-13)11-1-4-17(12(7-11)8-18(21)22)29(27,28)25-6-5-19(23)26/h1-4,7,9-10,18,24-25H,5-6,8H2,(H2,23,26). The van der Waals surface area contributed by atoms with Gasteiger partial charge in [-0.05, 0) is 41.5 Å². The lowest BCUT2D eigenvalue weighted by Crippen LogP contribution is -2.29. The van der Waals surface area contributed by atoms with E-state index in [1.807, 2.05) is 0 Å². The number of hydrogen-bond donors (Lipinski definition) is 3. The zero-order valence-electron chi connectivity index (χ0n) is 15.1. The van der Waals surface area contributed by atoms with E-state index in [0.717, 1.165) is 0 Å². The summed E-state index contributed by atoms with van der Waals surface area (Å²) in [6.07, 6.45) is -2.14. The van der Waals surface area contributed by atoms with Crippen molar-refractivity contribution in [1.82, 2.24) is 9.71 Å². The summed E-state index contributed by atoms with van der Waals surface area (Å²) in [5.41, 5.74) is 6.58. The van der Waals surface area contributed by atoms with Gasteiger partial charge in [0.1, 0.15) is 5.82 Å². The highest BCUT2D eigenvalue weighted by atomic mass is 32.2. The highest BCUT2D eigenvalue weighted by Gasteiger charge is 2.22. The topological polar surface area (TPSA) is 105 Å². The quantitative estimate of drug-likeness (QED) is 0.517. The molecule has 1 heterocycles. The number of sulfonamides is 1. The average Bonchev–Trinajstić information content (AvgIpc) is 3.03. The molecule has 1 amide bonds. The number of carbonyl (C=O) groups excluding carboxylic acids is 1. The smallest absolute Gasteiger partial charge is 0.242 e. The highest BCUT2D eigenvalue weighted by molar-refractivity contribution is 7.89. The lowest BCUT2D eigenvalue weighted by molar-refractivity contribution is -0.117. The van der Waals surface area contributed by atoms with E-state index < -0.39 is 34.6 Å². The molecule has 3 aromatic rings. The van der Waals surface area contributed by atoms with E-state index in [-0.39, 0.29) is 23.4 Å². The molecular weight excluding hydrogens is 407 g/mol. The molecule has 0 spiro atoms. The summed E-state index contributed by atoms with van der Waals surface area (Å²) in [6.45, 7) is -0.235. The molecule has 2 aromatic carbocycles. The van der Waals surface area contributed by atoms with Crippen molar-refractivity contribution < 1.29 is 26.4 Å². The predicted octanol–water partition coefficient (Wildman–Crippen LogP) is 2.94. The number of aromatic nitrogens is 1. The molecule has 0 aliphatic rings. The number of carbonyl (C=O) groups is 1. The van der Waals surface area contributed by atoms with Crippen LogP contribution in [0, 0.1) is 5.82 Å². The third kappa shape index (κ3) is 4.77. The minimum Gasteiger partial charge on any atom is -0.370 e. The van der Waals surface area contributed by atoms with Crippen LogP contribution in [0.5, 0.6) is 0 Å². The number of halogens is 3. The number of hydrogen-bond acceptors (Lipinski definition) is 3. The van der Waals surface area contributed by atoms with Gasteiger partial charge in [-0.3, -0.25) is 4.79 Å². The fourth-order valence-electron chi connectivity index (χ4n) is 3.06. The first-order valence-electron chi connectivity index (χ1n) is 8.63. The summed E-state index contributed by atoms with van der Waals surface area (Å²) in [7, 11) is -4.11. The molecule has 0 atom stereocenters. The third-order valence-electron chi connectivity index (χ3n) is 4.34. The van der Waals surface area contributed by atoms with Gasteiger partial charge in [0.05, 0.1) is 4.90 Å². The molecule has 0 saturated heterocycles. The zero-order chi connectivity index (χ0) is 21.2. The van der Waals surface area contributed by atoms with Crippen molar-refractivity contribution in [2.45, 2.75) is 24.2 Å². The second-order valence-corrected chi connectivity index (χ2v) is 8.16. The van der Waals surface area contributed by atoms with Crippen LogP contribution < -0.4 is 10.5 Å². The van der Waals surface area contributed by atoms with E-state index >= 15 is 0 Å². The first-order valence-corrected chi connectivity index (χ1v) is 10.1. The van der Waals surface area contributed by atoms with Crippen LogP contribution in [0.15, 0.2) is 47.5 Å². The maximum absolute atomic E-state index is 13.4. The van der Waals surface area contributed by atoms with Crippen molar-refractivity contribution in [3.63, 3.8) is 0 Å². The number of amides is 1. The Hall–Kier alpha value is -2.85. The fourth-order valence-corrected chi connectivity index (χ4v) is 4.32. The molecule has 0 radical (unpaired) electrons. The highest BCUT2D eigenvalue weighted by Crippen LogP contribution is 2.32.